The van der Waals surface area contributed by atoms with Crippen LogP contribution in [0.15, 0.2) is 0 Å². The summed E-state index contributed by atoms with van der Waals surface area (Å²) in [6.07, 6.45) is 2.32. The van der Waals surface area contributed by atoms with Gasteiger partial charge in [-0.15, -0.1) is 0 Å². The number of aryl methyl sites for hydroxylation is 2. The summed E-state index contributed by atoms with van der Waals surface area (Å²) in [5.74, 6) is 1.19. The fourth-order valence-electron chi connectivity index (χ4n) is 1.49. The second-order valence-corrected chi connectivity index (χ2v) is 3.05. The Hall–Kier alpha value is -0.990. The zero-order chi connectivity index (χ0) is 7.84. The van der Waals surface area contributed by atoms with Gasteiger partial charge in [0, 0.05) is 13.0 Å². The van der Waals surface area contributed by atoms with E-state index in [9.17, 15) is 0 Å². The Morgan fingerprint density at radius 3 is 3.00 bits per heavy atom. The van der Waals surface area contributed by atoms with E-state index in [2.05, 4.69) is 28.9 Å². The molecule has 0 amide bonds. The molecule has 1 aromatic rings. The fraction of sp³-hybridized carbons (Fsp3) is 0.625. The standard InChI is InChI=1S/C8H13N3/c1-6-7(2)11-8(10-6)4-3-5-9-11/h9H,3-5H2,1-2H3. The van der Waals surface area contributed by atoms with E-state index in [0.29, 0.717) is 0 Å². The SMILES string of the molecule is Cc1nc2n(c1C)NCCC2. The van der Waals surface area contributed by atoms with Crippen molar-refractivity contribution in [3.63, 3.8) is 0 Å². The van der Waals surface area contributed by atoms with Crippen LogP contribution in [0.1, 0.15) is 23.6 Å². The van der Waals surface area contributed by atoms with Crippen molar-refractivity contribution < 1.29 is 0 Å². The molecule has 0 atom stereocenters. The number of fused-ring (bicyclic) bond motifs is 1. The molecule has 0 unspecified atom stereocenters. The van der Waals surface area contributed by atoms with E-state index in [-0.39, 0.29) is 0 Å². The summed E-state index contributed by atoms with van der Waals surface area (Å²) in [4.78, 5) is 4.45. The highest BCUT2D eigenvalue weighted by Crippen LogP contribution is 2.12. The summed E-state index contributed by atoms with van der Waals surface area (Å²) in [6, 6.07) is 0. The molecule has 0 spiro atoms. The summed E-state index contributed by atoms with van der Waals surface area (Å²) in [7, 11) is 0. The molecule has 2 rings (SSSR count). The zero-order valence-electron chi connectivity index (χ0n) is 7.02. The molecular weight excluding hydrogens is 138 g/mol. The molecule has 2 heterocycles. The van der Waals surface area contributed by atoms with E-state index in [1.165, 1.54) is 17.9 Å². The first-order chi connectivity index (χ1) is 5.29. The van der Waals surface area contributed by atoms with Crippen LogP contribution in [-0.4, -0.2) is 16.2 Å². The summed E-state index contributed by atoms with van der Waals surface area (Å²) in [6.45, 7) is 5.23. The third-order valence-electron chi connectivity index (χ3n) is 2.26. The first-order valence-electron chi connectivity index (χ1n) is 4.08. The molecule has 1 aliphatic rings. The van der Waals surface area contributed by atoms with Gasteiger partial charge in [-0.3, -0.25) is 0 Å². The van der Waals surface area contributed by atoms with Crippen LogP contribution in [0, 0.1) is 13.8 Å². The van der Waals surface area contributed by atoms with E-state index in [1.807, 2.05) is 0 Å². The van der Waals surface area contributed by atoms with Crippen LogP contribution in [0.3, 0.4) is 0 Å². The van der Waals surface area contributed by atoms with Crippen molar-refractivity contribution in [1.29, 1.82) is 0 Å². The maximum absolute atomic E-state index is 4.45. The normalized spacial score (nSPS) is 15.8. The number of nitrogens with zero attached hydrogens (tertiary/aromatic N) is 2. The van der Waals surface area contributed by atoms with Crippen LogP contribution in [-0.2, 0) is 6.42 Å². The smallest absolute Gasteiger partial charge is 0.127 e. The van der Waals surface area contributed by atoms with Crippen molar-refractivity contribution in [3.8, 4) is 0 Å². The van der Waals surface area contributed by atoms with Crippen molar-refractivity contribution >= 4 is 0 Å². The van der Waals surface area contributed by atoms with Gasteiger partial charge in [-0.1, -0.05) is 0 Å². The van der Waals surface area contributed by atoms with Gasteiger partial charge < -0.3 is 5.43 Å². The number of hydrogen-bond donors (Lipinski definition) is 1. The van der Waals surface area contributed by atoms with Gasteiger partial charge in [-0.25, -0.2) is 9.66 Å². The van der Waals surface area contributed by atoms with Gasteiger partial charge in [-0.05, 0) is 20.3 Å². The monoisotopic (exact) mass is 151 g/mol. The second kappa shape index (κ2) is 2.26. The Morgan fingerprint density at radius 2 is 2.27 bits per heavy atom. The number of hydrogen-bond acceptors (Lipinski definition) is 2. The highest BCUT2D eigenvalue weighted by molar-refractivity contribution is 5.17. The number of rotatable bonds is 0. The van der Waals surface area contributed by atoms with Crippen LogP contribution >= 0.6 is 0 Å². The lowest BCUT2D eigenvalue weighted by molar-refractivity contribution is 0.638. The van der Waals surface area contributed by atoms with Gasteiger partial charge in [0.05, 0.1) is 11.4 Å². The van der Waals surface area contributed by atoms with Crippen LogP contribution < -0.4 is 5.43 Å². The van der Waals surface area contributed by atoms with Crippen molar-refractivity contribution in [2.24, 2.45) is 0 Å². The molecule has 0 saturated heterocycles. The lowest BCUT2D eigenvalue weighted by Gasteiger charge is -2.17. The molecule has 0 fully saturated rings. The maximum Gasteiger partial charge on any atom is 0.127 e. The lowest BCUT2D eigenvalue weighted by atomic mass is 10.3. The quantitative estimate of drug-likeness (QED) is 0.599. The summed E-state index contributed by atoms with van der Waals surface area (Å²) in [5.41, 5.74) is 5.70. The van der Waals surface area contributed by atoms with Gasteiger partial charge in [0.1, 0.15) is 5.82 Å². The number of aromatic nitrogens is 2. The summed E-state index contributed by atoms with van der Waals surface area (Å²) < 4.78 is 2.11. The first kappa shape index (κ1) is 6.70. The molecule has 11 heavy (non-hydrogen) atoms. The molecule has 0 radical (unpaired) electrons. The predicted molar refractivity (Wildman–Crippen MR) is 44.2 cm³/mol. The average molecular weight is 151 g/mol. The van der Waals surface area contributed by atoms with Crippen LogP contribution in [0.2, 0.25) is 0 Å². The first-order valence-corrected chi connectivity index (χ1v) is 4.08. The van der Waals surface area contributed by atoms with Gasteiger partial charge >= 0.3 is 0 Å². The molecule has 3 heteroatoms. The Kier molecular flexibility index (Phi) is 1.37. The molecule has 3 nitrogen and oxygen atoms in total. The van der Waals surface area contributed by atoms with Crippen molar-refractivity contribution in [2.75, 3.05) is 12.0 Å². The molecular formula is C8H13N3. The molecule has 1 aromatic heterocycles. The third-order valence-corrected chi connectivity index (χ3v) is 2.26. The van der Waals surface area contributed by atoms with Crippen LogP contribution in [0.4, 0.5) is 0 Å². The van der Waals surface area contributed by atoms with Crippen molar-refractivity contribution in [3.05, 3.63) is 17.2 Å². The van der Waals surface area contributed by atoms with Gasteiger partial charge in [0.25, 0.3) is 0 Å². The molecule has 0 bridgehead atoms. The van der Waals surface area contributed by atoms with Gasteiger partial charge in [0.2, 0.25) is 0 Å². The summed E-state index contributed by atoms with van der Waals surface area (Å²) >= 11 is 0. The predicted octanol–water partition coefficient (Wildman–Crippen LogP) is 0.990. The van der Waals surface area contributed by atoms with Crippen LogP contribution in [0.25, 0.3) is 0 Å². The Labute approximate surface area is 66.4 Å². The zero-order valence-corrected chi connectivity index (χ0v) is 7.02. The molecule has 0 aromatic carbocycles. The topological polar surface area (TPSA) is 29.9 Å². The lowest BCUT2D eigenvalue weighted by Crippen LogP contribution is -2.25. The molecule has 1 N–H and O–H groups in total. The second-order valence-electron chi connectivity index (χ2n) is 3.05. The number of nitrogens with one attached hydrogen (secondary N) is 1. The largest absolute Gasteiger partial charge is 0.324 e. The Balaban J connectivity index is 2.50. The maximum atomic E-state index is 4.45. The molecule has 0 saturated carbocycles. The highest BCUT2D eigenvalue weighted by atomic mass is 15.4. The van der Waals surface area contributed by atoms with E-state index >= 15 is 0 Å². The van der Waals surface area contributed by atoms with E-state index in [0.717, 1.165) is 18.7 Å². The Bertz CT molecular complexity index is 275. The van der Waals surface area contributed by atoms with Crippen LogP contribution in [0.5, 0.6) is 0 Å². The average Bonchev–Trinajstić information content (AvgIpc) is 2.30. The summed E-state index contributed by atoms with van der Waals surface area (Å²) in [5, 5.41) is 0. The molecule has 1 aliphatic heterocycles. The number of imidazole rings is 1. The highest BCUT2D eigenvalue weighted by Gasteiger charge is 2.13. The molecule has 0 aliphatic carbocycles. The van der Waals surface area contributed by atoms with Gasteiger partial charge in [0.15, 0.2) is 0 Å². The minimum absolute atomic E-state index is 1.07. The van der Waals surface area contributed by atoms with E-state index in [1.54, 1.807) is 0 Å². The third kappa shape index (κ3) is 0.914. The minimum atomic E-state index is 1.07. The van der Waals surface area contributed by atoms with Gasteiger partial charge in [-0.2, -0.15) is 0 Å². The van der Waals surface area contributed by atoms with Crippen molar-refractivity contribution in [2.45, 2.75) is 26.7 Å². The van der Waals surface area contributed by atoms with E-state index in [4.69, 9.17) is 0 Å². The molecule has 60 valence electrons. The Morgan fingerprint density at radius 1 is 1.45 bits per heavy atom. The minimum Gasteiger partial charge on any atom is -0.324 e. The van der Waals surface area contributed by atoms with Crippen molar-refractivity contribution in [1.82, 2.24) is 9.66 Å². The van der Waals surface area contributed by atoms with E-state index < -0.39 is 0 Å². The fourth-order valence-corrected chi connectivity index (χ4v) is 1.49.